The molecule has 0 radical (unpaired) electrons. The van der Waals surface area contributed by atoms with Gasteiger partial charge >= 0.3 is 12.2 Å². The molecule has 0 saturated heterocycles. The molecular weight excluding hydrogens is 443 g/mol. The number of anilines is 2. The number of halogens is 3. The third kappa shape index (κ3) is 4.74. The average Bonchev–Trinajstić information content (AvgIpc) is 3.11. The number of fused-ring (bicyclic) bond motifs is 1. The van der Waals surface area contributed by atoms with Crippen LogP contribution in [0.4, 0.5) is 29.3 Å². The van der Waals surface area contributed by atoms with Crippen LogP contribution in [0.3, 0.4) is 0 Å². The van der Waals surface area contributed by atoms with Crippen molar-refractivity contribution >= 4 is 28.4 Å². The third-order valence-corrected chi connectivity index (χ3v) is 4.56. The first-order chi connectivity index (χ1) is 15.6. The van der Waals surface area contributed by atoms with Crippen molar-refractivity contribution in [2.24, 2.45) is 7.05 Å². The van der Waals surface area contributed by atoms with Gasteiger partial charge in [-0.3, -0.25) is 0 Å². The van der Waals surface area contributed by atoms with E-state index in [1.165, 1.54) is 24.5 Å². The third-order valence-electron chi connectivity index (χ3n) is 4.56. The highest BCUT2D eigenvalue weighted by Crippen LogP contribution is 2.35. The Labute approximate surface area is 184 Å². The topological polar surface area (TPSA) is 122 Å². The molecule has 170 valence electrons. The van der Waals surface area contributed by atoms with E-state index in [0.29, 0.717) is 23.2 Å². The lowest BCUT2D eigenvalue weighted by Crippen LogP contribution is -2.20. The van der Waals surface area contributed by atoms with Gasteiger partial charge in [0.15, 0.2) is 0 Å². The molecule has 9 nitrogen and oxygen atoms in total. The molecule has 2 aromatic carbocycles. The number of hydrogen-bond acceptors (Lipinski definition) is 6. The van der Waals surface area contributed by atoms with E-state index in [0.717, 1.165) is 6.07 Å². The molecule has 0 aliphatic carbocycles. The van der Waals surface area contributed by atoms with Gasteiger partial charge in [0.2, 0.25) is 5.88 Å². The average molecular weight is 459 g/mol. The summed E-state index contributed by atoms with van der Waals surface area (Å²) < 4.78 is 46.1. The number of carbonyl (C=O) groups is 1. The van der Waals surface area contributed by atoms with E-state index in [1.807, 2.05) is 0 Å². The molecule has 0 atom stereocenters. The lowest BCUT2D eigenvalue weighted by Gasteiger charge is -2.13. The van der Waals surface area contributed by atoms with Crippen LogP contribution >= 0.6 is 0 Å². The molecule has 4 aromatic rings. The number of benzene rings is 2. The predicted molar refractivity (Wildman–Crippen MR) is 112 cm³/mol. The van der Waals surface area contributed by atoms with Gasteiger partial charge in [0.05, 0.1) is 16.8 Å². The molecule has 2 heterocycles. The number of alkyl halides is 3. The minimum absolute atomic E-state index is 0.0252. The number of phenolic OH excluding ortho intramolecular Hbond substituents is 2. The molecule has 0 aliphatic rings. The summed E-state index contributed by atoms with van der Waals surface area (Å²) in [5, 5.41) is 24.2. The van der Waals surface area contributed by atoms with Crippen LogP contribution in [0.2, 0.25) is 0 Å². The van der Waals surface area contributed by atoms with Gasteiger partial charge in [0.1, 0.15) is 29.1 Å². The number of carbonyl (C=O) groups excluding carboxylic acids is 1. The number of aromatic nitrogens is 3. The first kappa shape index (κ1) is 21.7. The molecule has 2 amide bonds. The quantitative estimate of drug-likeness (QED) is 0.324. The molecule has 4 rings (SSSR count). The Morgan fingerprint density at radius 2 is 1.85 bits per heavy atom. The van der Waals surface area contributed by atoms with Crippen molar-refractivity contribution in [2.75, 3.05) is 10.6 Å². The van der Waals surface area contributed by atoms with Crippen molar-refractivity contribution < 1.29 is 32.9 Å². The number of amides is 2. The number of aryl methyl sites for hydroxylation is 1. The summed E-state index contributed by atoms with van der Waals surface area (Å²) in [6.07, 6.45) is -1.57. The van der Waals surface area contributed by atoms with Crippen LogP contribution in [0.25, 0.3) is 11.0 Å². The van der Waals surface area contributed by atoms with Gasteiger partial charge in [0.25, 0.3) is 0 Å². The van der Waals surface area contributed by atoms with Gasteiger partial charge in [-0.05, 0) is 30.3 Å². The van der Waals surface area contributed by atoms with E-state index in [9.17, 15) is 28.2 Å². The molecule has 0 aliphatic heterocycles. The van der Waals surface area contributed by atoms with Gasteiger partial charge in [-0.15, -0.1) is 0 Å². The predicted octanol–water partition coefficient (Wildman–Crippen LogP) is 4.83. The minimum atomic E-state index is -4.70. The Bertz CT molecular complexity index is 1350. The van der Waals surface area contributed by atoms with Crippen molar-refractivity contribution in [3.63, 3.8) is 0 Å². The molecular formula is C21H16F3N5O4. The molecule has 0 saturated carbocycles. The smallest absolute Gasteiger partial charge is 0.416 e. The summed E-state index contributed by atoms with van der Waals surface area (Å²) in [6.45, 7) is 0. The molecule has 0 spiro atoms. The maximum atomic E-state index is 12.9. The zero-order valence-electron chi connectivity index (χ0n) is 16.9. The number of hydrogen-bond donors (Lipinski definition) is 4. The number of nitrogens with one attached hydrogen (secondary N) is 2. The molecule has 12 heteroatoms. The summed E-state index contributed by atoms with van der Waals surface area (Å²) >= 11 is 0. The zero-order chi connectivity index (χ0) is 23.8. The van der Waals surface area contributed by atoms with Crippen molar-refractivity contribution in [3.8, 4) is 23.1 Å². The van der Waals surface area contributed by atoms with E-state index in [4.69, 9.17) is 4.74 Å². The van der Waals surface area contributed by atoms with Crippen molar-refractivity contribution in [2.45, 2.75) is 6.18 Å². The zero-order valence-corrected chi connectivity index (χ0v) is 16.9. The Morgan fingerprint density at radius 1 is 1.06 bits per heavy atom. The largest absolute Gasteiger partial charge is 0.508 e. The van der Waals surface area contributed by atoms with Crippen LogP contribution in [-0.4, -0.2) is 30.8 Å². The fourth-order valence-electron chi connectivity index (χ4n) is 3.08. The van der Waals surface area contributed by atoms with Crippen LogP contribution in [0.15, 0.2) is 55.0 Å². The molecule has 2 aromatic heterocycles. The lowest BCUT2D eigenvalue weighted by molar-refractivity contribution is -0.137. The number of phenols is 2. The standard InChI is InChI=1S/C21H16F3N5O4/c1-29-5-4-16-18(29)19(26-10-25-16)33-14-2-3-15(17(31)9-14)28-20(32)27-12-6-11(21(22,23)24)7-13(30)8-12/h2-10,30-31H,1H3,(H2,27,28,32). The van der Waals surface area contributed by atoms with Crippen molar-refractivity contribution in [1.82, 2.24) is 14.5 Å². The summed E-state index contributed by atoms with van der Waals surface area (Å²) in [5.74, 6) is -0.537. The minimum Gasteiger partial charge on any atom is -0.508 e. The van der Waals surface area contributed by atoms with Gasteiger partial charge in [-0.25, -0.2) is 9.78 Å². The van der Waals surface area contributed by atoms with Crippen LogP contribution in [0.5, 0.6) is 23.1 Å². The first-order valence-corrected chi connectivity index (χ1v) is 9.36. The maximum absolute atomic E-state index is 12.9. The highest BCUT2D eigenvalue weighted by atomic mass is 19.4. The summed E-state index contributed by atoms with van der Waals surface area (Å²) in [4.78, 5) is 20.4. The van der Waals surface area contributed by atoms with Crippen LogP contribution < -0.4 is 15.4 Å². The van der Waals surface area contributed by atoms with Crippen molar-refractivity contribution in [1.29, 1.82) is 0 Å². The number of aromatic hydroxyl groups is 2. The number of ether oxygens (including phenoxy) is 1. The van der Waals surface area contributed by atoms with Gasteiger partial charge in [0, 0.05) is 31.1 Å². The van der Waals surface area contributed by atoms with E-state index in [1.54, 1.807) is 23.9 Å². The van der Waals surface area contributed by atoms with E-state index in [2.05, 4.69) is 20.6 Å². The molecule has 0 fully saturated rings. The maximum Gasteiger partial charge on any atom is 0.416 e. The molecule has 4 N–H and O–H groups in total. The van der Waals surface area contributed by atoms with Gasteiger partial charge < -0.3 is 30.2 Å². The van der Waals surface area contributed by atoms with Crippen LogP contribution in [0, 0.1) is 0 Å². The normalized spacial score (nSPS) is 11.4. The Morgan fingerprint density at radius 3 is 2.58 bits per heavy atom. The highest BCUT2D eigenvalue weighted by molar-refractivity contribution is 6.00. The Kier molecular flexibility index (Phi) is 5.42. The van der Waals surface area contributed by atoms with Gasteiger partial charge in [-0.2, -0.15) is 18.2 Å². The number of rotatable bonds is 4. The Hall–Kier alpha value is -4.48. The fraction of sp³-hybridized carbons (Fsp3) is 0.0952. The molecule has 0 bridgehead atoms. The summed E-state index contributed by atoms with van der Waals surface area (Å²) in [5.41, 5.74) is -0.123. The first-order valence-electron chi connectivity index (χ1n) is 9.36. The molecule has 0 unspecified atom stereocenters. The van der Waals surface area contributed by atoms with E-state index in [-0.39, 0.29) is 28.8 Å². The Balaban J connectivity index is 1.48. The second-order valence-electron chi connectivity index (χ2n) is 6.97. The highest BCUT2D eigenvalue weighted by Gasteiger charge is 2.31. The van der Waals surface area contributed by atoms with Crippen molar-refractivity contribution in [3.05, 3.63) is 60.6 Å². The van der Waals surface area contributed by atoms with Crippen LogP contribution in [-0.2, 0) is 13.2 Å². The van der Waals surface area contributed by atoms with Gasteiger partial charge in [-0.1, -0.05) is 0 Å². The fourth-order valence-corrected chi connectivity index (χ4v) is 3.08. The van der Waals surface area contributed by atoms with E-state index < -0.39 is 23.5 Å². The van der Waals surface area contributed by atoms with Crippen LogP contribution in [0.1, 0.15) is 5.56 Å². The summed E-state index contributed by atoms with van der Waals surface area (Å²) in [7, 11) is 1.80. The number of urea groups is 1. The monoisotopic (exact) mass is 459 g/mol. The second-order valence-corrected chi connectivity index (χ2v) is 6.97. The second kappa shape index (κ2) is 8.22. The number of nitrogens with zero attached hydrogens (tertiary/aromatic N) is 3. The SMILES string of the molecule is Cn1ccc2ncnc(Oc3ccc(NC(=O)Nc4cc(O)cc(C(F)(F)F)c4)c(O)c3)c21. The molecule has 33 heavy (non-hydrogen) atoms. The van der Waals surface area contributed by atoms with E-state index >= 15 is 0 Å². The lowest BCUT2D eigenvalue weighted by atomic mass is 10.2. The summed E-state index contributed by atoms with van der Waals surface area (Å²) in [6, 6.07) is 7.06.